The number of rotatable bonds is 8. The summed E-state index contributed by atoms with van der Waals surface area (Å²) in [5.74, 6) is 0.801. The van der Waals surface area contributed by atoms with Gasteiger partial charge < -0.3 is 20.1 Å². The Morgan fingerprint density at radius 1 is 1.33 bits per heavy atom. The van der Waals surface area contributed by atoms with Gasteiger partial charge in [-0.05, 0) is 50.6 Å². The zero-order valence-corrected chi connectivity index (χ0v) is 18.7. The topological polar surface area (TPSA) is 100 Å². The van der Waals surface area contributed by atoms with Gasteiger partial charge in [0.15, 0.2) is 0 Å². The van der Waals surface area contributed by atoms with Crippen molar-refractivity contribution in [3.05, 3.63) is 18.2 Å². The maximum absolute atomic E-state index is 12.6. The number of anilines is 1. The molecule has 2 heterocycles. The Balaban J connectivity index is 1.68. The van der Waals surface area contributed by atoms with Gasteiger partial charge in [-0.3, -0.25) is 4.90 Å². The molecule has 2 amide bonds. The molecule has 0 unspecified atom stereocenters. The van der Waals surface area contributed by atoms with Gasteiger partial charge in [-0.15, -0.1) is 0 Å². The summed E-state index contributed by atoms with van der Waals surface area (Å²) in [6, 6.07) is 4.26. The Morgan fingerprint density at radius 2 is 2.07 bits per heavy atom. The van der Waals surface area contributed by atoms with Crippen LogP contribution in [0, 0.1) is 5.92 Å². The van der Waals surface area contributed by atoms with E-state index >= 15 is 0 Å². The summed E-state index contributed by atoms with van der Waals surface area (Å²) in [7, 11) is 0.778. The fourth-order valence-electron chi connectivity index (χ4n) is 4.04. The van der Waals surface area contributed by atoms with E-state index in [0.29, 0.717) is 23.9 Å². The zero-order chi connectivity index (χ0) is 21.7. The summed E-state index contributed by atoms with van der Waals surface area (Å²) in [6.45, 7) is 4.09. The van der Waals surface area contributed by atoms with Crippen LogP contribution >= 0.6 is 0 Å². The summed E-state index contributed by atoms with van der Waals surface area (Å²) in [4.78, 5) is 15.1. The lowest BCUT2D eigenvalue weighted by molar-refractivity contribution is 0.135. The van der Waals surface area contributed by atoms with Crippen LogP contribution in [-0.2, 0) is 14.8 Å². The Morgan fingerprint density at radius 3 is 2.67 bits per heavy atom. The first-order valence-electron chi connectivity index (χ1n) is 10.3. The standard InChI is InChI=1S/C20H32N4O5S/c1-23(2)30(26,27)16-6-7-19(28-3)17(12-16)22-20(25)21-13-18(15-8-11-29-14-15)24-9-4-5-10-24/h6-7,12,15,18H,4-5,8-11,13-14H2,1-3H3,(H2,21,22,25)/t15-,18+/m0/s1. The van der Waals surface area contributed by atoms with Crippen molar-refractivity contribution in [2.24, 2.45) is 5.92 Å². The normalized spacial score (nSPS) is 21.0. The molecule has 2 fully saturated rings. The van der Waals surface area contributed by atoms with Gasteiger partial charge in [-0.1, -0.05) is 0 Å². The van der Waals surface area contributed by atoms with Gasteiger partial charge in [-0.2, -0.15) is 0 Å². The Hall–Kier alpha value is -1.88. The van der Waals surface area contributed by atoms with Crippen LogP contribution in [0.5, 0.6) is 5.75 Å². The molecule has 2 atom stereocenters. The largest absolute Gasteiger partial charge is 0.495 e. The van der Waals surface area contributed by atoms with Crippen LogP contribution in [0.15, 0.2) is 23.1 Å². The van der Waals surface area contributed by atoms with Crippen molar-refractivity contribution in [2.75, 3.05) is 59.4 Å². The van der Waals surface area contributed by atoms with Gasteiger partial charge in [0.05, 0.1) is 24.3 Å². The Labute approximate surface area is 178 Å². The minimum absolute atomic E-state index is 0.0849. The molecule has 1 aromatic rings. The van der Waals surface area contributed by atoms with Crippen molar-refractivity contribution in [3.8, 4) is 5.75 Å². The minimum atomic E-state index is -3.62. The molecule has 168 valence electrons. The third kappa shape index (κ3) is 5.23. The first kappa shape index (κ1) is 22.8. The summed E-state index contributed by atoms with van der Waals surface area (Å²) >= 11 is 0. The number of carbonyl (C=O) groups is 1. The first-order valence-corrected chi connectivity index (χ1v) is 11.7. The smallest absolute Gasteiger partial charge is 0.319 e. The lowest BCUT2D eigenvalue weighted by Gasteiger charge is -2.32. The summed E-state index contributed by atoms with van der Waals surface area (Å²) in [5, 5.41) is 5.70. The first-order chi connectivity index (χ1) is 14.3. The minimum Gasteiger partial charge on any atom is -0.495 e. The lowest BCUT2D eigenvalue weighted by Crippen LogP contribution is -2.48. The molecule has 1 aromatic carbocycles. The van der Waals surface area contributed by atoms with Crippen molar-refractivity contribution < 1.29 is 22.7 Å². The van der Waals surface area contributed by atoms with Crippen LogP contribution in [0.25, 0.3) is 0 Å². The van der Waals surface area contributed by atoms with E-state index in [1.165, 1.54) is 52.2 Å². The highest BCUT2D eigenvalue weighted by Crippen LogP contribution is 2.28. The Kier molecular flexibility index (Phi) is 7.56. The average Bonchev–Trinajstić information content (AvgIpc) is 3.42. The van der Waals surface area contributed by atoms with Gasteiger partial charge in [0.1, 0.15) is 5.75 Å². The highest BCUT2D eigenvalue weighted by molar-refractivity contribution is 7.89. The van der Waals surface area contributed by atoms with Gasteiger partial charge >= 0.3 is 6.03 Å². The van der Waals surface area contributed by atoms with E-state index in [4.69, 9.17) is 9.47 Å². The number of nitrogens with one attached hydrogen (secondary N) is 2. The van der Waals surface area contributed by atoms with E-state index in [2.05, 4.69) is 15.5 Å². The molecule has 2 aliphatic rings. The second-order valence-electron chi connectivity index (χ2n) is 7.92. The zero-order valence-electron chi connectivity index (χ0n) is 17.9. The molecular weight excluding hydrogens is 408 g/mol. The highest BCUT2D eigenvalue weighted by atomic mass is 32.2. The number of benzene rings is 1. The van der Waals surface area contributed by atoms with Crippen LogP contribution < -0.4 is 15.4 Å². The molecular formula is C20H32N4O5S. The van der Waals surface area contributed by atoms with Gasteiger partial charge in [0, 0.05) is 39.2 Å². The van der Waals surface area contributed by atoms with Crippen molar-refractivity contribution >= 4 is 21.7 Å². The number of carbonyl (C=O) groups excluding carboxylic acids is 1. The number of amides is 2. The third-order valence-corrected chi connectivity index (χ3v) is 7.60. The van der Waals surface area contributed by atoms with E-state index in [9.17, 15) is 13.2 Å². The van der Waals surface area contributed by atoms with E-state index in [1.807, 2.05) is 0 Å². The molecule has 0 aromatic heterocycles. The monoisotopic (exact) mass is 440 g/mol. The number of likely N-dealkylation sites (tertiary alicyclic amines) is 1. The summed E-state index contributed by atoms with van der Waals surface area (Å²) in [6.07, 6.45) is 3.37. The molecule has 0 bridgehead atoms. The number of nitrogens with zero attached hydrogens (tertiary/aromatic N) is 2. The van der Waals surface area contributed by atoms with Gasteiger partial charge in [0.2, 0.25) is 10.0 Å². The molecule has 9 nitrogen and oxygen atoms in total. The fraction of sp³-hybridized carbons (Fsp3) is 0.650. The number of hydrogen-bond acceptors (Lipinski definition) is 6. The number of methoxy groups -OCH3 is 1. The van der Waals surface area contributed by atoms with E-state index < -0.39 is 16.1 Å². The van der Waals surface area contributed by atoms with Crippen LogP contribution in [0.4, 0.5) is 10.5 Å². The Bertz CT molecular complexity index is 818. The summed E-state index contributed by atoms with van der Waals surface area (Å²) in [5.41, 5.74) is 0.305. The van der Waals surface area contributed by atoms with Crippen molar-refractivity contribution in [1.82, 2.24) is 14.5 Å². The highest BCUT2D eigenvalue weighted by Gasteiger charge is 2.32. The maximum atomic E-state index is 12.6. The third-order valence-electron chi connectivity index (χ3n) is 5.79. The number of urea groups is 1. The molecule has 30 heavy (non-hydrogen) atoms. The molecule has 3 rings (SSSR count). The van der Waals surface area contributed by atoms with Crippen LogP contribution in [0.3, 0.4) is 0 Å². The van der Waals surface area contributed by atoms with Crippen LogP contribution in [-0.4, -0.2) is 83.7 Å². The van der Waals surface area contributed by atoms with E-state index in [1.54, 1.807) is 0 Å². The predicted octanol–water partition coefficient (Wildman–Crippen LogP) is 1.57. The molecule has 0 saturated carbocycles. The second-order valence-corrected chi connectivity index (χ2v) is 10.1. The number of sulfonamides is 1. The van der Waals surface area contributed by atoms with Gasteiger partial charge in [0.25, 0.3) is 0 Å². The fourth-order valence-corrected chi connectivity index (χ4v) is 4.97. The molecule has 0 spiro atoms. The van der Waals surface area contributed by atoms with E-state index in [0.717, 1.165) is 37.0 Å². The summed E-state index contributed by atoms with van der Waals surface area (Å²) < 4.78 is 36.8. The maximum Gasteiger partial charge on any atom is 0.319 e. The molecule has 2 aliphatic heterocycles. The SMILES string of the molecule is COc1ccc(S(=O)(=O)N(C)C)cc1NC(=O)NC[C@H]([C@H]1CCOC1)N1CCCC1. The number of ether oxygens (including phenoxy) is 2. The van der Waals surface area contributed by atoms with Crippen molar-refractivity contribution in [3.63, 3.8) is 0 Å². The average molecular weight is 441 g/mol. The van der Waals surface area contributed by atoms with Crippen LogP contribution in [0.1, 0.15) is 19.3 Å². The second kappa shape index (κ2) is 9.95. The predicted molar refractivity (Wildman–Crippen MR) is 114 cm³/mol. The molecule has 2 saturated heterocycles. The quantitative estimate of drug-likeness (QED) is 0.637. The number of hydrogen-bond donors (Lipinski definition) is 2. The van der Waals surface area contributed by atoms with E-state index in [-0.39, 0.29) is 10.9 Å². The van der Waals surface area contributed by atoms with Crippen molar-refractivity contribution in [2.45, 2.75) is 30.2 Å². The van der Waals surface area contributed by atoms with Crippen molar-refractivity contribution in [1.29, 1.82) is 0 Å². The van der Waals surface area contributed by atoms with Gasteiger partial charge in [-0.25, -0.2) is 17.5 Å². The van der Waals surface area contributed by atoms with Crippen LogP contribution in [0.2, 0.25) is 0 Å². The molecule has 2 N–H and O–H groups in total. The molecule has 0 aliphatic carbocycles. The molecule has 10 heteroatoms. The lowest BCUT2D eigenvalue weighted by atomic mass is 9.97. The molecule has 0 radical (unpaired) electrons.